The molecule has 0 bridgehead atoms. The summed E-state index contributed by atoms with van der Waals surface area (Å²) < 4.78 is 28.0. The maximum Gasteiger partial charge on any atom is 0.337 e. The number of para-hydroxylation sites is 1. The zero-order valence-corrected chi connectivity index (χ0v) is 16.0. The highest BCUT2D eigenvalue weighted by atomic mass is 32.2. The molecular weight excluding hydrogens is 380 g/mol. The highest BCUT2D eigenvalue weighted by Crippen LogP contribution is 2.21. The molecule has 0 radical (unpaired) electrons. The Morgan fingerprint density at radius 2 is 1.68 bits per heavy atom. The fourth-order valence-corrected chi connectivity index (χ4v) is 4.64. The summed E-state index contributed by atoms with van der Waals surface area (Å²) in [4.78, 5) is 23.8. The number of aromatic carboxylic acids is 1. The fourth-order valence-electron chi connectivity index (χ4n) is 3.29. The molecule has 0 atom stereocenters. The topological polar surface area (TPSA) is 113 Å². The van der Waals surface area contributed by atoms with Gasteiger partial charge >= 0.3 is 5.97 Å². The van der Waals surface area contributed by atoms with E-state index in [-0.39, 0.29) is 27.8 Å². The van der Waals surface area contributed by atoms with Crippen molar-refractivity contribution >= 4 is 27.6 Å². The van der Waals surface area contributed by atoms with Crippen molar-refractivity contribution in [2.24, 2.45) is 0 Å². The highest BCUT2D eigenvalue weighted by Gasteiger charge is 2.23. The first-order valence-corrected chi connectivity index (χ1v) is 10.6. The van der Waals surface area contributed by atoms with Crippen LogP contribution in [0.4, 0.5) is 5.69 Å². The maximum atomic E-state index is 12.7. The number of sulfonamides is 1. The Bertz CT molecular complexity index is 982. The molecule has 8 heteroatoms. The lowest BCUT2D eigenvalue weighted by atomic mass is 9.96. The summed E-state index contributed by atoms with van der Waals surface area (Å²) in [5.74, 6) is -1.74. The molecule has 2 aromatic rings. The molecule has 0 aromatic heterocycles. The van der Waals surface area contributed by atoms with Gasteiger partial charge < -0.3 is 10.4 Å². The van der Waals surface area contributed by atoms with E-state index in [0.29, 0.717) is 0 Å². The SMILES string of the molecule is O=C(Nc1ccccc1C(=O)O)c1cccc(S(=O)(=O)NC2CCCCC2)c1. The Hall–Kier alpha value is -2.71. The van der Waals surface area contributed by atoms with Gasteiger partial charge in [0.05, 0.1) is 16.1 Å². The third-order valence-corrected chi connectivity index (χ3v) is 6.26. The molecule has 0 aliphatic heterocycles. The standard InChI is InChI=1S/C20H22N2O5S/c23-19(21-18-12-5-4-11-17(18)20(24)25)14-7-6-10-16(13-14)28(26,27)22-15-8-2-1-3-9-15/h4-7,10-13,15,22H,1-3,8-9H2,(H,21,23)(H,24,25). The van der Waals surface area contributed by atoms with E-state index in [4.69, 9.17) is 0 Å². The van der Waals surface area contributed by atoms with Crippen molar-refractivity contribution in [3.05, 3.63) is 59.7 Å². The van der Waals surface area contributed by atoms with E-state index >= 15 is 0 Å². The average molecular weight is 402 g/mol. The number of rotatable bonds is 6. The molecule has 0 heterocycles. The Morgan fingerprint density at radius 3 is 2.39 bits per heavy atom. The molecule has 148 valence electrons. The highest BCUT2D eigenvalue weighted by molar-refractivity contribution is 7.89. The molecule has 7 nitrogen and oxygen atoms in total. The maximum absolute atomic E-state index is 12.7. The van der Waals surface area contributed by atoms with Crippen LogP contribution in [-0.4, -0.2) is 31.4 Å². The number of hydrogen-bond donors (Lipinski definition) is 3. The first kappa shape index (κ1) is 20.0. The van der Waals surface area contributed by atoms with Gasteiger partial charge in [0, 0.05) is 11.6 Å². The van der Waals surface area contributed by atoms with Crippen molar-refractivity contribution in [3.63, 3.8) is 0 Å². The minimum Gasteiger partial charge on any atom is -0.478 e. The Morgan fingerprint density at radius 1 is 0.964 bits per heavy atom. The third-order valence-electron chi connectivity index (χ3n) is 4.74. The lowest BCUT2D eigenvalue weighted by molar-refractivity contribution is 0.0698. The quantitative estimate of drug-likeness (QED) is 0.687. The van der Waals surface area contributed by atoms with Gasteiger partial charge in [0.2, 0.25) is 10.0 Å². The van der Waals surface area contributed by atoms with E-state index in [1.165, 1.54) is 36.4 Å². The zero-order valence-electron chi connectivity index (χ0n) is 15.2. The van der Waals surface area contributed by atoms with Crippen LogP contribution in [0.3, 0.4) is 0 Å². The van der Waals surface area contributed by atoms with Gasteiger partial charge in [-0.3, -0.25) is 4.79 Å². The van der Waals surface area contributed by atoms with E-state index in [9.17, 15) is 23.1 Å². The molecule has 1 aliphatic carbocycles. The van der Waals surface area contributed by atoms with Gasteiger partial charge in [-0.2, -0.15) is 0 Å². The third kappa shape index (κ3) is 4.76. The second-order valence-corrected chi connectivity index (χ2v) is 8.50. The summed E-state index contributed by atoms with van der Waals surface area (Å²) in [6.45, 7) is 0. The van der Waals surface area contributed by atoms with Gasteiger partial charge in [0.15, 0.2) is 0 Å². The lowest BCUT2D eigenvalue weighted by Gasteiger charge is -2.22. The molecule has 1 saturated carbocycles. The summed E-state index contributed by atoms with van der Waals surface area (Å²) in [6.07, 6.45) is 4.74. The summed E-state index contributed by atoms with van der Waals surface area (Å²) in [5, 5.41) is 11.7. The Labute approximate surface area is 163 Å². The fraction of sp³-hybridized carbons (Fsp3) is 0.300. The number of carbonyl (C=O) groups is 2. The van der Waals surface area contributed by atoms with Gasteiger partial charge in [0.25, 0.3) is 5.91 Å². The molecule has 1 fully saturated rings. The average Bonchev–Trinajstić information content (AvgIpc) is 2.69. The first-order valence-electron chi connectivity index (χ1n) is 9.13. The largest absolute Gasteiger partial charge is 0.478 e. The van der Waals surface area contributed by atoms with E-state index in [1.54, 1.807) is 12.1 Å². The summed E-state index contributed by atoms with van der Waals surface area (Å²) in [7, 11) is -3.73. The molecule has 1 aliphatic rings. The molecule has 1 amide bonds. The first-order chi connectivity index (χ1) is 13.4. The van der Waals surface area contributed by atoms with Crippen molar-refractivity contribution < 1.29 is 23.1 Å². The van der Waals surface area contributed by atoms with Gasteiger partial charge in [-0.15, -0.1) is 0 Å². The van der Waals surface area contributed by atoms with Gasteiger partial charge in [-0.1, -0.05) is 37.5 Å². The van der Waals surface area contributed by atoms with Gasteiger partial charge in [-0.25, -0.2) is 17.9 Å². The predicted molar refractivity (Wildman–Crippen MR) is 105 cm³/mol. The van der Waals surface area contributed by atoms with E-state index < -0.39 is 21.9 Å². The van der Waals surface area contributed by atoms with Crippen molar-refractivity contribution in [2.75, 3.05) is 5.32 Å². The Kier molecular flexibility index (Phi) is 6.11. The van der Waals surface area contributed by atoms with Crippen molar-refractivity contribution in [3.8, 4) is 0 Å². The number of amides is 1. The van der Waals surface area contributed by atoms with Crippen LogP contribution in [0.5, 0.6) is 0 Å². The second-order valence-electron chi connectivity index (χ2n) is 6.79. The molecule has 0 saturated heterocycles. The summed E-state index contributed by atoms with van der Waals surface area (Å²) in [5.41, 5.74) is 0.235. The second kappa shape index (κ2) is 8.53. The van der Waals surface area contributed by atoms with Crippen LogP contribution in [0.15, 0.2) is 53.4 Å². The van der Waals surface area contributed by atoms with Gasteiger partial charge in [0.1, 0.15) is 0 Å². The van der Waals surface area contributed by atoms with E-state index in [2.05, 4.69) is 10.0 Å². The number of nitrogens with one attached hydrogen (secondary N) is 2. The summed E-state index contributed by atoms with van der Waals surface area (Å²) in [6, 6.07) is 11.7. The van der Waals surface area contributed by atoms with Crippen LogP contribution in [0.2, 0.25) is 0 Å². The van der Waals surface area contributed by atoms with Crippen molar-refractivity contribution in [2.45, 2.75) is 43.0 Å². The monoisotopic (exact) mass is 402 g/mol. The minimum atomic E-state index is -3.73. The zero-order chi connectivity index (χ0) is 20.1. The predicted octanol–water partition coefficient (Wildman–Crippen LogP) is 3.25. The number of carboxylic acids is 1. The van der Waals surface area contributed by atoms with Gasteiger partial charge in [-0.05, 0) is 43.2 Å². The summed E-state index contributed by atoms with van der Waals surface area (Å²) >= 11 is 0. The minimum absolute atomic E-state index is 0.0113. The molecule has 0 unspecified atom stereocenters. The number of carboxylic acid groups (broad SMARTS) is 1. The van der Waals surface area contributed by atoms with Crippen LogP contribution in [0.1, 0.15) is 52.8 Å². The van der Waals surface area contributed by atoms with Crippen LogP contribution >= 0.6 is 0 Å². The van der Waals surface area contributed by atoms with Crippen LogP contribution in [0, 0.1) is 0 Å². The molecule has 0 spiro atoms. The van der Waals surface area contributed by atoms with E-state index in [0.717, 1.165) is 32.1 Å². The number of hydrogen-bond acceptors (Lipinski definition) is 4. The number of benzene rings is 2. The number of anilines is 1. The normalized spacial score (nSPS) is 15.1. The molecule has 28 heavy (non-hydrogen) atoms. The molecular formula is C20H22N2O5S. The van der Waals surface area contributed by atoms with Crippen LogP contribution in [-0.2, 0) is 10.0 Å². The van der Waals surface area contributed by atoms with Crippen LogP contribution in [0.25, 0.3) is 0 Å². The van der Waals surface area contributed by atoms with Crippen molar-refractivity contribution in [1.82, 2.24) is 4.72 Å². The molecule has 3 N–H and O–H groups in total. The van der Waals surface area contributed by atoms with Crippen LogP contribution < -0.4 is 10.0 Å². The lowest BCUT2D eigenvalue weighted by Crippen LogP contribution is -2.36. The molecule has 2 aromatic carbocycles. The Balaban J connectivity index is 1.79. The van der Waals surface area contributed by atoms with Crippen molar-refractivity contribution in [1.29, 1.82) is 0 Å². The smallest absolute Gasteiger partial charge is 0.337 e. The number of carbonyl (C=O) groups excluding carboxylic acids is 1. The van der Waals surface area contributed by atoms with E-state index in [1.807, 2.05) is 0 Å². The molecule has 3 rings (SSSR count).